The third-order valence-corrected chi connectivity index (χ3v) is 4.09. The standard InChI is InChI=1S/C18H23NO/c1-12-10-14(3)17(11-13(12)2)18(4,19)15-6-8-16(20-5)9-7-15/h6-11H,19H2,1-5H3. The van der Waals surface area contributed by atoms with Gasteiger partial charge in [-0.05, 0) is 67.6 Å². The number of rotatable bonds is 3. The topological polar surface area (TPSA) is 35.2 Å². The van der Waals surface area contributed by atoms with E-state index in [2.05, 4.69) is 39.8 Å². The molecule has 0 aliphatic carbocycles. The SMILES string of the molecule is COc1ccc(C(C)(N)c2cc(C)c(C)cc2C)cc1. The van der Waals surface area contributed by atoms with E-state index in [0.29, 0.717) is 0 Å². The van der Waals surface area contributed by atoms with E-state index < -0.39 is 5.54 Å². The molecule has 0 saturated heterocycles. The van der Waals surface area contributed by atoms with E-state index in [1.165, 1.54) is 22.3 Å². The second kappa shape index (κ2) is 5.29. The highest BCUT2D eigenvalue weighted by Crippen LogP contribution is 2.31. The van der Waals surface area contributed by atoms with E-state index in [9.17, 15) is 0 Å². The average molecular weight is 269 g/mol. The quantitative estimate of drug-likeness (QED) is 0.918. The lowest BCUT2D eigenvalue weighted by molar-refractivity contribution is 0.414. The largest absolute Gasteiger partial charge is 0.497 e. The van der Waals surface area contributed by atoms with E-state index >= 15 is 0 Å². The Labute approximate surface area is 121 Å². The van der Waals surface area contributed by atoms with Gasteiger partial charge in [-0.2, -0.15) is 0 Å². The molecule has 0 bridgehead atoms. The predicted octanol–water partition coefficient (Wildman–Crippen LogP) is 3.84. The Morgan fingerprint density at radius 3 is 2.00 bits per heavy atom. The van der Waals surface area contributed by atoms with Crippen molar-refractivity contribution in [1.29, 1.82) is 0 Å². The molecule has 106 valence electrons. The normalized spacial score (nSPS) is 13.9. The Morgan fingerprint density at radius 2 is 1.45 bits per heavy atom. The first kappa shape index (κ1) is 14.6. The Balaban J connectivity index is 2.50. The summed E-state index contributed by atoms with van der Waals surface area (Å²) in [5.74, 6) is 0.848. The molecule has 0 aromatic heterocycles. The van der Waals surface area contributed by atoms with Crippen molar-refractivity contribution in [2.24, 2.45) is 5.73 Å². The summed E-state index contributed by atoms with van der Waals surface area (Å²) in [4.78, 5) is 0. The van der Waals surface area contributed by atoms with Crippen LogP contribution in [0.4, 0.5) is 0 Å². The van der Waals surface area contributed by atoms with Gasteiger partial charge in [0.15, 0.2) is 0 Å². The van der Waals surface area contributed by atoms with Gasteiger partial charge in [0.1, 0.15) is 5.75 Å². The molecule has 2 nitrogen and oxygen atoms in total. The van der Waals surface area contributed by atoms with Crippen LogP contribution < -0.4 is 10.5 Å². The number of ether oxygens (including phenoxy) is 1. The summed E-state index contributed by atoms with van der Waals surface area (Å²) >= 11 is 0. The second-order valence-electron chi connectivity index (χ2n) is 5.68. The fraction of sp³-hybridized carbons (Fsp3) is 0.333. The molecule has 0 heterocycles. The highest BCUT2D eigenvalue weighted by molar-refractivity contribution is 5.46. The van der Waals surface area contributed by atoms with Crippen molar-refractivity contribution in [1.82, 2.24) is 0 Å². The van der Waals surface area contributed by atoms with Crippen LogP contribution in [0.1, 0.15) is 34.7 Å². The van der Waals surface area contributed by atoms with Crippen molar-refractivity contribution in [3.63, 3.8) is 0 Å². The van der Waals surface area contributed by atoms with E-state index in [-0.39, 0.29) is 0 Å². The second-order valence-corrected chi connectivity index (χ2v) is 5.68. The number of hydrogen-bond donors (Lipinski definition) is 1. The van der Waals surface area contributed by atoms with Gasteiger partial charge < -0.3 is 10.5 Å². The first-order valence-corrected chi connectivity index (χ1v) is 6.88. The van der Waals surface area contributed by atoms with Crippen LogP contribution in [0.15, 0.2) is 36.4 Å². The van der Waals surface area contributed by atoms with Crippen LogP contribution in [0.5, 0.6) is 5.75 Å². The summed E-state index contributed by atoms with van der Waals surface area (Å²) in [6, 6.07) is 12.4. The molecule has 2 aromatic carbocycles. The van der Waals surface area contributed by atoms with Crippen molar-refractivity contribution < 1.29 is 4.74 Å². The van der Waals surface area contributed by atoms with Crippen molar-refractivity contribution in [2.75, 3.05) is 7.11 Å². The smallest absolute Gasteiger partial charge is 0.118 e. The van der Waals surface area contributed by atoms with Crippen molar-refractivity contribution >= 4 is 0 Å². The van der Waals surface area contributed by atoms with Crippen LogP contribution in [0.2, 0.25) is 0 Å². The summed E-state index contributed by atoms with van der Waals surface area (Å²) in [5.41, 5.74) is 12.2. The van der Waals surface area contributed by atoms with Crippen LogP contribution in [0.25, 0.3) is 0 Å². The third-order valence-electron chi connectivity index (χ3n) is 4.09. The number of benzene rings is 2. The lowest BCUT2D eigenvalue weighted by Gasteiger charge is -2.29. The molecule has 0 radical (unpaired) electrons. The fourth-order valence-electron chi connectivity index (χ4n) is 2.61. The lowest BCUT2D eigenvalue weighted by Crippen LogP contribution is -2.35. The van der Waals surface area contributed by atoms with Crippen LogP contribution in [0, 0.1) is 20.8 Å². The monoisotopic (exact) mass is 269 g/mol. The molecule has 0 amide bonds. The minimum absolute atomic E-state index is 0.505. The molecule has 2 rings (SSSR count). The van der Waals surface area contributed by atoms with Gasteiger partial charge in [0, 0.05) is 0 Å². The highest BCUT2D eigenvalue weighted by Gasteiger charge is 2.25. The number of aryl methyl sites for hydroxylation is 3. The molecule has 2 heteroatoms. The molecule has 2 N–H and O–H groups in total. The van der Waals surface area contributed by atoms with E-state index in [0.717, 1.165) is 11.3 Å². The molecule has 0 fully saturated rings. The fourth-order valence-corrected chi connectivity index (χ4v) is 2.61. The van der Waals surface area contributed by atoms with Crippen molar-refractivity contribution in [2.45, 2.75) is 33.2 Å². The first-order chi connectivity index (χ1) is 9.36. The molecule has 0 aliphatic heterocycles. The van der Waals surface area contributed by atoms with Gasteiger partial charge in [-0.25, -0.2) is 0 Å². The minimum Gasteiger partial charge on any atom is -0.497 e. The molecule has 0 saturated carbocycles. The highest BCUT2D eigenvalue weighted by atomic mass is 16.5. The zero-order valence-electron chi connectivity index (χ0n) is 12.9. The Kier molecular flexibility index (Phi) is 3.87. The zero-order chi connectivity index (χ0) is 14.9. The number of hydrogen-bond acceptors (Lipinski definition) is 2. The summed E-state index contributed by atoms with van der Waals surface area (Å²) in [6.45, 7) is 8.44. The third kappa shape index (κ3) is 2.56. The van der Waals surface area contributed by atoms with Gasteiger partial charge in [0.25, 0.3) is 0 Å². The van der Waals surface area contributed by atoms with Crippen molar-refractivity contribution in [3.05, 3.63) is 64.2 Å². The van der Waals surface area contributed by atoms with Crippen LogP contribution in [-0.4, -0.2) is 7.11 Å². The molecular formula is C18H23NO. The molecule has 0 aliphatic rings. The van der Waals surface area contributed by atoms with E-state index in [4.69, 9.17) is 10.5 Å². The molecule has 1 unspecified atom stereocenters. The van der Waals surface area contributed by atoms with E-state index in [1.54, 1.807) is 7.11 Å². The molecular weight excluding hydrogens is 246 g/mol. The average Bonchev–Trinajstić information content (AvgIpc) is 2.42. The lowest BCUT2D eigenvalue weighted by atomic mass is 9.82. The first-order valence-electron chi connectivity index (χ1n) is 6.88. The van der Waals surface area contributed by atoms with E-state index in [1.807, 2.05) is 24.3 Å². The van der Waals surface area contributed by atoms with Gasteiger partial charge in [-0.1, -0.05) is 24.3 Å². The Morgan fingerprint density at radius 1 is 0.900 bits per heavy atom. The van der Waals surface area contributed by atoms with Crippen LogP contribution >= 0.6 is 0 Å². The maximum absolute atomic E-state index is 6.63. The summed E-state index contributed by atoms with van der Waals surface area (Å²) in [6.07, 6.45) is 0. The molecule has 0 spiro atoms. The molecule has 1 atom stereocenters. The van der Waals surface area contributed by atoms with Crippen molar-refractivity contribution in [3.8, 4) is 5.75 Å². The Hall–Kier alpha value is -1.80. The van der Waals surface area contributed by atoms with Crippen LogP contribution in [0.3, 0.4) is 0 Å². The molecule has 2 aromatic rings. The number of nitrogens with two attached hydrogens (primary N) is 1. The summed E-state index contributed by atoms with van der Waals surface area (Å²) in [7, 11) is 1.67. The summed E-state index contributed by atoms with van der Waals surface area (Å²) < 4.78 is 5.21. The van der Waals surface area contributed by atoms with Crippen LogP contribution in [-0.2, 0) is 5.54 Å². The maximum Gasteiger partial charge on any atom is 0.118 e. The van der Waals surface area contributed by atoms with Gasteiger partial charge >= 0.3 is 0 Å². The van der Waals surface area contributed by atoms with Gasteiger partial charge in [0.05, 0.1) is 12.6 Å². The molecule has 20 heavy (non-hydrogen) atoms. The van der Waals surface area contributed by atoms with Gasteiger partial charge in [-0.3, -0.25) is 0 Å². The summed E-state index contributed by atoms with van der Waals surface area (Å²) in [5, 5.41) is 0. The Bertz CT molecular complexity index is 612. The maximum atomic E-state index is 6.63. The van der Waals surface area contributed by atoms with Gasteiger partial charge in [-0.15, -0.1) is 0 Å². The minimum atomic E-state index is -0.505. The predicted molar refractivity (Wildman–Crippen MR) is 84.3 cm³/mol. The number of methoxy groups -OCH3 is 1. The van der Waals surface area contributed by atoms with Gasteiger partial charge in [0.2, 0.25) is 0 Å². The zero-order valence-corrected chi connectivity index (χ0v) is 12.9.